The van der Waals surface area contributed by atoms with Crippen molar-refractivity contribution in [2.75, 3.05) is 13.7 Å². The molecule has 3 aromatic carbocycles. The van der Waals surface area contributed by atoms with E-state index in [-0.39, 0.29) is 6.42 Å². The van der Waals surface area contributed by atoms with Crippen molar-refractivity contribution in [2.24, 2.45) is 0 Å². The van der Waals surface area contributed by atoms with Crippen LogP contribution < -0.4 is 4.74 Å². The standard InChI is InChI=1S/C20H20O.C17H27NO4/c21-14-16-6-8-18(9-7-16)20-12-10-19(15-20,11-13-20)17-4-2-1-3-5-17;1-17(2,21)18(3)13-14-9-6-7-10-15(14)22-12-8-4-5-11-16(19)20/h1-9,14H,10-13,15H2;6-7,9-10,21H,4-5,8,11-13H2,1-3H3,(H,19,20). The highest BCUT2D eigenvalue weighted by Crippen LogP contribution is 2.62. The van der Waals surface area contributed by atoms with E-state index in [1.54, 1.807) is 13.8 Å². The summed E-state index contributed by atoms with van der Waals surface area (Å²) in [6, 6.07) is 27.1. The molecule has 0 unspecified atom stereocenters. The van der Waals surface area contributed by atoms with Crippen LogP contribution in [0.15, 0.2) is 78.9 Å². The van der Waals surface area contributed by atoms with Crippen LogP contribution in [-0.2, 0) is 22.2 Å². The van der Waals surface area contributed by atoms with Crippen molar-refractivity contribution in [3.05, 3.63) is 101 Å². The third-order valence-electron chi connectivity index (χ3n) is 9.49. The number of aldehydes is 1. The minimum absolute atomic E-state index is 0.215. The predicted molar refractivity (Wildman–Crippen MR) is 171 cm³/mol. The van der Waals surface area contributed by atoms with E-state index in [1.807, 2.05) is 48.3 Å². The summed E-state index contributed by atoms with van der Waals surface area (Å²) >= 11 is 0. The number of carbonyl (C=O) groups is 2. The minimum Gasteiger partial charge on any atom is -0.493 e. The van der Waals surface area contributed by atoms with Gasteiger partial charge in [-0.05, 0) is 100 Å². The van der Waals surface area contributed by atoms with E-state index in [2.05, 4.69) is 42.5 Å². The lowest BCUT2D eigenvalue weighted by Gasteiger charge is -2.30. The average Bonchev–Trinajstić information content (AvgIpc) is 3.59. The number of carbonyl (C=O) groups excluding carboxylic acids is 1. The highest BCUT2D eigenvalue weighted by molar-refractivity contribution is 5.74. The van der Waals surface area contributed by atoms with Gasteiger partial charge in [0.15, 0.2) is 0 Å². The van der Waals surface area contributed by atoms with Gasteiger partial charge < -0.3 is 14.9 Å². The van der Waals surface area contributed by atoms with Crippen LogP contribution >= 0.6 is 0 Å². The largest absolute Gasteiger partial charge is 0.493 e. The van der Waals surface area contributed by atoms with Crippen LogP contribution in [0.25, 0.3) is 0 Å². The molecule has 0 spiro atoms. The van der Waals surface area contributed by atoms with Gasteiger partial charge in [0.2, 0.25) is 0 Å². The Balaban J connectivity index is 0.000000197. The highest BCUT2D eigenvalue weighted by atomic mass is 16.5. The van der Waals surface area contributed by atoms with Gasteiger partial charge in [-0.3, -0.25) is 14.5 Å². The number of unbranched alkanes of at least 4 members (excludes halogenated alkanes) is 2. The monoisotopic (exact) mass is 585 g/mol. The number of hydrogen-bond donors (Lipinski definition) is 2. The Labute approximate surface area is 256 Å². The molecule has 0 radical (unpaired) electrons. The van der Waals surface area contributed by atoms with Crippen molar-refractivity contribution < 1.29 is 24.5 Å². The molecule has 3 aromatic rings. The van der Waals surface area contributed by atoms with Gasteiger partial charge in [-0.25, -0.2) is 0 Å². The van der Waals surface area contributed by atoms with Gasteiger partial charge in [-0.2, -0.15) is 0 Å². The second-order valence-electron chi connectivity index (χ2n) is 12.9. The summed E-state index contributed by atoms with van der Waals surface area (Å²) < 4.78 is 5.80. The lowest BCUT2D eigenvalue weighted by atomic mass is 9.76. The number of carboxylic acids is 1. The number of rotatable bonds is 13. The van der Waals surface area contributed by atoms with Crippen LogP contribution in [0, 0.1) is 0 Å². The van der Waals surface area contributed by atoms with Gasteiger partial charge in [0.05, 0.1) is 6.61 Å². The van der Waals surface area contributed by atoms with E-state index in [1.165, 1.54) is 43.2 Å². The lowest BCUT2D eigenvalue weighted by molar-refractivity contribution is -0.137. The van der Waals surface area contributed by atoms with Gasteiger partial charge in [0, 0.05) is 24.1 Å². The molecular formula is C37H47NO5. The summed E-state index contributed by atoms with van der Waals surface area (Å²) in [6.07, 6.45) is 9.93. The predicted octanol–water partition coefficient (Wildman–Crippen LogP) is 7.52. The molecule has 6 heteroatoms. The molecule has 2 aliphatic rings. The highest BCUT2D eigenvalue weighted by Gasteiger charge is 2.55. The Bertz CT molecular complexity index is 1320. The SMILES string of the molecule is CN(Cc1ccccc1OCCCCCC(=O)O)C(C)(C)O.O=Cc1ccc(C23CCC(c4ccccc4)(CC2)C3)cc1. The van der Waals surface area contributed by atoms with Crippen LogP contribution in [-0.4, -0.2) is 46.7 Å². The first kappa shape index (κ1) is 32.4. The molecule has 2 N–H and O–H groups in total. The molecule has 6 nitrogen and oxygen atoms in total. The molecule has 0 heterocycles. The van der Waals surface area contributed by atoms with Crippen LogP contribution in [0.5, 0.6) is 5.75 Å². The summed E-state index contributed by atoms with van der Waals surface area (Å²) in [5.74, 6) is 0.0674. The van der Waals surface area contributed by atoms with E-state index in [0.29, 0.717) is 30.4 Å². The molecule has 2 saturated carbocycles. The number of ether oxygens (including phenoxy) is 1. The number of fused-ring (bicyclic) bond motifs is 2. The molecule has 2 fully saturated rings. The number of benzene rings is 3. The normalized spacial score (nSPS) is 20.9. The summed E-state index contributed by atoms with van der Waals surface area (Å²) in [6.45, 7) is 4.67. The van der Waals surface area contributed by atoms with Crippen molar-refractivity contribution in [3.63, 3.8) is 0 Å². The van der Waals surface area contributed by atoms with Gasteiger partial charge in [0.1, 0.15) is 17.8 Å². The third kappa shape index (κ3) is 8.33. The van der Waals surface area contributed by atoms with E-state index >= 15 is 0 Å². The summed E-state index contributed by atoms with van der Waals surface area (Å²) in [4.78, 5) is 23.1. The average molecular weight is 586 g/mol. The maximum absolute atomic E-state index is 10.8. The molecule has 0 aliphatic heterocycles. The summed E-state index contributed by atoms with van der Waals surface area (Å²) in [5, 5.41) is 18.6. The first-order valence-electron chi connectivity index (χ1n) is 15.5. The molecule has 5 rings (SSSR count). The zero-order chi connectivity index (χ0) is 30.9. The lowest BCUT2D eigenvalue weighted by Crippen LogP contribution is -2.40. The topological polar surface area (TPSA) is 87.1 Å². The van der Waals surface area contributed by atoms with Gasteiger partial charge in [0.25, 0.3) is 0 Å². The Hall–Kier alpha value is -3.48. The Morgan fingerprint density at radius 2 is 1.44 bits per heavy atom. The smallest absolute Gasteiger partial charge is 0.303 e. The maximum atomic E-state index is 10.8. The number of para-hydroxylation sites is 1. The number of hydrogen-bond acceptors (Lipinski definition) is 5. The minimum atomic E-state index is -0.885. The second kappa shape index (κ2) is 14.3. The van der Waals surface area contributed by atoms with Crippen LogP contribution in [0.4, 0.5) is 0 Å². The fourth-order valence-electron chi connectivity index (χ4n) is 6.66. The van der Waals surface area contributed by atoms with Crippen molar-refractivity contribution in [3.8, 4) is 5.75 Å². The number of aliphatic hydroxyl groups is 1. The first-order chi connectivity index (χ1) is 20.6. The Morgan fingerprint density at radius 1 is 0.860 bits per heavy atom. The van der Waals surface area contributed by atoms with Crippen molar-refractivity contribution in [1.29, 1.82) is 0 Å². The Morgan fingerprint density at radius 3 is 2.02 bits per heavy atom. The summed E-state index contributed by atoms with van der Waals surface area (Å²) in [7, 11) is 1.86. The van der Waals surface area contributed by atoms with Gasteiger partial charge in [-0.1, -0.05) is 72.8 Å². The maximum Gasteiger partial charge on any atom is 0.303 e. The van der Waals surface area contributed by atoms with Gasteiger partial charge in [-0.15, -0.1) is 0 Å². The molecule has 2 bridgehead atoms. The molecule has 0 atom stereocenters. The second-order valence-corrected chi connectivity index (χ2v) is 12.9. The number of nitrogens with zero attached hydrogens (tertiary/aromatic N) is 1. The molecule has 2 aliphatic carbocycles. The molecular weight excluding hydrogens is 538 g/mol. The summed E-state index contributed by atoms with van der Waals surface area (Å²) in [5.41, 5.74) is 4.61. The first-order valence-corrected chi connectivity index (χ1v) is 15.5. The van der Waals surface area contributed by atoms with Gasteiger partial charge >= 0.3 is 5.97 Å². The molecule has 0 saturated heterocycles. The van der Waals surface area contributed by atoms with E-state index < -0.39 is 11.7 Å². The zero-order valence-corrected chi connectivity index (χ0v) is 25.9. The van der Waals surface area contributed by atoms with Crippen LogP contribution in [0.3, 0.4) is 0 Å². The van der Waals surface area contributed by atoms with Crippen LogP contribution in [0.2, 0.25) is 0 Å². The number of aliphatic carboxylic acids is 1. The number of carboxylic acid groups (broad SMARTS) is 1. The van der Waals surface area contributed by atoms with Crippen molar-refractivity contribution >= 4 is 12.3 Å². The quantitative estimate of drug-likeness (QED) is 0.123. The molecule has 0 aromatic heterocycles. The van der Waals surface area contributed by atoms with E-state index in [4.69, 9.17) is 9.84 Å². The fraction of sp³-hybridized carbons (Fsp3) is 0.459. The van der Waals surface area contributed by atoms with E-state index in [9.17, 15) is 14.7 Å². The fourth-order valence-corrected chi connectivity index (χ4v) is 6.66. The Kier molecular flexibility index (Phi) is 10.8. The third-order valence-corrected chi connectivity index (χ3v) is 9.49. The molecule has 230 valence electrons. The molecule has 0 amide bonds. The van der Waals surface area contributed by atoms with Crippen molar-refractivity contribution in [2.45, 2.75) is 94.7 Å². The van der Waals surface area contributed by atoms with Crippen molar-refractivity contribution in [1.82, 2.24) is 4.90 Å². The zero-order valence-electron chi connectivity index (χ0n) is 25.9. The van der Waals surface area contributed by atoms with Crippen LogP contribution in [0.1, 0.15) is 98.7 Å². The van der Waals surface area contributed by atoms with E-state index in [0.717, 1.165) is 36.0 Å². The molecule has 43 heavy (non-hydrogen) atoms.